The van der Waals surface area contributed by atoms with Crippen LogP contribution in [0.15, 0.2) is 22.7 Å². The molecule has 19 heavy (non-hydrogen) atoms. The van der Waals surface area contributed by atoms with Crippen molar-refractivity contribution in [1.29, 1.82) is 0 Å². The number of rotatable bonds is 5. The third-order valence-corrected chi connectivity index (χ3v) is 4.61. The van der Waals surface area contributed by atoms with E-state index in [9.17, 15) is 0 Å². The van der Waals surface area contributed by atoms with Crippen LogP contribution in [0.2, 0.25) is 0 Å². The molecule has 0 aromatic heterocycles. The quantitative estimate of drug-likeness (QED) is 0.894. The van der Waals surface area contributed by atoms with Gasteiger partial charge in [-0.05, 0) is 62.5 Å². The Morgan fingerprint density at radius 1 is 1.26 bits per heavy atom. The highest BCUT2D eigenvalue weighted by Crippen LogP contribution is 2.20. The lowest BCUT2D eigenvalue weighted by molar-refractivity contribution is 0.289. The van der Waals surface area contributed by atoms with E-state index in [4.69, 9.17) is 0 Å². The molecule has 0 unspecified atom stereocenters. The zero-order valence-corrected chi connectivity index (χ0v) is 13.5. The van der Waals surface area contributed by atoms with Crippen LogP contribution >= 0.6 is 15.9 Å². The number of aryl methyl sites for hydroxylation is 2. The lowest BCUT2D eigenvalue weighted by Gasteiger charge is -2.19. The van der Waals surface area contributed by atoms with Crippen LogP contribution in [0.3, 0.4) is 0 Å². The summed E-state index contributed by atoms with van der Waals surface area (Å²) in [4.78, 5) is 2.59. The monoisotopic (exact) mass is 324 g/mol. The summed E-state index contributed by atoms with van der Waals surface area (Å²) < 4.78 is 1.27. The molecule has 1 fully saturated rings. The van der Waals surface area contributed by atoms with Gasteiger partial charge in [-0.15, -0.1) is 0 Å². The molecule has 106 valence electrons. The van der Waals surface area contributed by atoms with Crippen LogP contribution in [-0.2, 0) is 12.8 Å². The zero-order valence-electron chi connectivity index (χ0n) is 11.9. The van der Waals surface area contributed by atoms with Crippen molar-refractivity contribution >= 4 is 15.9 Å². The van der Waals surface area contributed by atoms with Gasteiger partial charge in [0, 0.05) is 17.6 Å². The minimum atomic E-state index is 1.10. The predicted molar refractivity (Wildman–Crippen MR) is 85.8 cm³/mol. The maximum absolute atomic E-state index is 3.67. The Labute approximate surface area is 125 Å². The second-order valence-corrected chi connectivity index (χ2v) is 6.18. The number of hydrogen-bond acceptors (Lipinski definition) is 2. The summed E-state index contributed by atoms with van der Waals surface area (Å²) in [6, 6.07) is 6.84. The summed E-state index contributed by atoms with van der Waals surface area (Å²) in [6.45, 7) is 8.23. The molecular formula is C16H25BrN2. The van der Waals surface area contributed by atoms with E-state index in [1.165, 1.54) is 61.0 Å². The van der Waals surface area contributed by atoms with E-state index >= 15 is 0 Å². The van der Waals surface area contributed by atoms with Crippen molar-refractivity contribution in [1.82, 2.24) is 10.2 Å². The van der Waals surface area contributed by atoms with E-state index in [0.29, 0.717) is 0 Å². The van der Waals surface area contributed by atoms with E-state index in [0.717, 1.165) is 13.0 Å². The van der Waals surface area contributed by atoms with Gasteiger partial charge in [0.25, 0.3) is 0 Å². The standard InChI is InChI=1S/C16H25BrN2/c1-2-15-7-6-14(13-16(15)17)5-3-10-19-11-4-8-18-9-12-19/h6-7,13,18H,2-5,8-12H2,1H3. The van der Waals surface area contributed by atoms with Gasteiger partial charge in [0.05, 0.1) is 0 Å². The Morgan fingerprint density at radius 3 is 2.95 bits per heavy atom. The molecule has 0 atom stereocenters. The molecule has 2 nitrogen and oxygen atoms in total. The fourth-order valence-corrected chi connectivity index (χ4v) is 3.37. The molecule has 0 saturated carbocycles. The van der Waals surface area contributed by atoms with E-state index in [2.05, 4.69) is 51.3 Å². The van der Waals surface area contributed by atoms with E-state index in [1.807, 2.05) is 0 Å². The highest BCUT2D eigenvalue weighted by atomic mass is 79.9. The summed E-state index contributed by atoms with van der Waals surface area (Å²) >= 11 is 3.67. The normalized spacial score (nSPS) is 17.4. The first-order valence-corrected chi connectivity index (χ1v) is 8.29. The molecule has 1 heterocycles. The molecule has 1 aromatic carbocycles. The summed E-state index contributed by atoms with van der Waals surface area (Å²) in [5, 5.41) is 3.46. The van der Waals surface area contributed by atoms with Crippen molar-refractivity contribution in [3.63, 3.8) is 0 Å². The van der Waals surface area contributed by atoms with Crippen molar-refractivity contribution in [3.05, 3.63) is 33.8 Å². The summed E-state index contributed by atoms with van der Waals surface area (Å²) in [5.74, 6) is 0. The van der Waals surface area contributed by atoms with Crippen molar-refractivity contribution in [3.8, 4) is 0 Å². The van der Waals surface area contributed by atoms with Crippen molar-refractivity contribution in [2.75, 3.05) is 32.7 Å². The molecule has 2 rings (SSSR count). The van der Waals surface area contributed by atoms with Crippen molar-refractivity contribution in [2.45, 2.75) is 32.6 Å². The van der Waals surface area contributed by atoms with Gasteiger partial charge in [0.2, 0.25) is 0 Å². The smallest absolute Gasteiger partial charge is 0.0209 e. The first kappa shape index (κ1) is 15.0. The summed E-state index contributed by atoms with van der Waals surface area (Å²) in [5.41, 5.74) is 2.86. The number of hydrogen-bond donors (Lipinski definition) is 1. The molecule has 0 bridgehead atoms. The van der Waals surface area contributed by atoms with Crippen LogP contribution < -0.4 is 5.32 Å². The number of nitrogens with one attached hydrogen (secondary N) is 1. The van der Waals surface area contributed by atoms with Crippen LogP contribution in [0.5, 0.6) is 0 Å². The summed E-state index contributed by atoms with van der Waals surface area (Å²) in [7, 11) is 0. The van der Waals surface area contributed by atoms with Crippen LogP contribution in [0.1, 0.15) is 30.9 Å². The maximum Gasteiger partial charge on any atom is 0.0209 e. The molecule has 1 aromatic rings. The lowest BCUT2D eigenvalue weighted by Crippen LogP contribution is -2.29. The SMILES string of the molecule is CCc1ccc(CCCN2CCCNCC2)cc1Br. The van der Waals surface area contributed by atoms with Gasteiger partial charge in [-0.2, -0.15) is 0 Å². The first-order chi connectivity index (χ1) is 9.29. The van der Waals surface area contributed by atoms with Gasteiger partial charge in [-0.3, -0.25) is 0 Å². The minimum Gasteiger partial charge on any atom is -0.315 e. The van der Waals surface area contributed by atoms with Crippen LogP contribution in [0.4, 0.5) is 0 Å². The maximum atomic E-state index is 3.67. The number of benzene rings is 1. The Morgan fingerprint density at radius 2 is 2.16 bits per heavy atom. The van der Waals surface area contributed by atoms with Gasteiger partial charge in [-0.25, -0.2) is 0 Å². The third kappa shape index (κ3) is 4.90. The molecule has 1 saturated heterocycles. The van der Waals surface area contributed by atoms with E-state index < -0.39 is 0 Å². The molecule has 0 radical (unpaired) electrons. The highest BCUT2D eigenvalue weighted by Gasteiger charge is 2.08. The van der Waals surface area contributed by atoms with Gasteiger partial charge >= 0.3 is 0 Å². The zero-order chi connectivity index (χ0) is 13.5. The van der Waals surface area contributed by atoms with Crippen molar-refractivity contribution < 1.29 is 0 Å². The van der Waals surface area contributed by atoms with E-state index in [-0.39, 0.29) is 0 Å². The predicted octanol–water partition coefficient (Wildman–Crippen LogP) is 3.24. The first-order valence-electron chi connectivity index (χ1n) is 7.50. The molecule has 1 N–H and O–H groups in total. The summed E-state index contributed by atoms with van der Waals surface area (Å²) in [6.07, 6.45) is 4.84. The Balaban J connectivity index is 1.77. The second-order valence-electron chi connectivity index (χ2n) is 5.33. The third-order valence-electron chi connectivity index (χ3n) is 3.87. The van der Waals surface area contributed by atoms with Crippen LogP contribution in [0, 0.1) is 0 Å². The molecule has 3 heteroatoms. The second kappa shape index (κ2) is 8.03. The molecule has 0 aliphatic carbocycles. The highest BCUT2D eigenvalue weighted by molar-refractivity contribution is 9.10. The molecule has 0 amide bonds. The molecular weight excluding hydrogens is 300 g/mol. The average molecular weight is 325 g/mol. The van der Waals surface area contributed by atoms with Crippen LogP contribution in [0.25, 0.3) is 0 Å². The lowest BCUT2D eigenvalue weighted by atomic mass is 10.1. The van der Waals surface area contributed by atoms with E-state index in [1.54, 1.807) is 0 Å². The average Bonchev–Trinajstić information content (AvgIpc) is 2.68. The topological polar surface area (TPSA) is 15.3 Å². The van der Waals surface area contributed by atoms with Gasteiger partial charge in [0.15, 0.2) is 0 Å². The fourth-order valence-electron chi connectivity index (χ4n) is 2.67. The fraction of sp³-hybridized carbons (Fsp3) is 0.625. The van der Waals surface area contributed by atoms with Crippen LogP contribution in [-0.4, -0.2) is 37.6 Å². The van der Waals surface area contributed by atoms with Crippen molar-refractivity contribution in [2.24, 2.45) is 0 Å². The molecule has 0 spiro atoms. The number of nitrogens with zero attached hydrogens (tertiary/aromatic N) is 1. The van der Waals surface area contributed by atoms with Gasteiger partial charge in [-0.1, -0.05) is 35.0 Å². The Bertz CT molecular complexity index is 384. The van der Waals surface area contributed by atoms with Gasteiger partial charge < -0.3 is 10.2 Å². The minimum absolute atomic E-state index is 1.10. The Hall–Kier alpha value is -0.380. The van der Waals surface area contributed by atoms with Gasteiger partial charge in [0.1, 0.15) is 0 Å². The molecule has 1 aliphatic rings. The largest absolute Gasteiger partial charge is 0.315 e. The number of halogens is 1. The molecule has 1 aliphatic heterocycles. The Kier molecular flexibility index (Phi) is 6.35.